The van der Waals surface area contributed by atoms with E-state index in [2.05, 4.69) is 10.1 Å². The predicted molar refractivity (Wildman–Crippen MR) is 56.0 cm³/mol. The van der Waals surface area contributed by atoms with Crippen LogP contribution in [0.1, 0.15) is 20.3 Å². The molecule has 0 saturated carbocycles. The van der Waals surface area contributed by atoms with Gasteiger partial charge in [-0.15, -0.1) is 0 Å². The van der Waals surface area contributed by atoms with Crippen LogP contribution in [0.4, 0.5) is 4.79 Å². The molecule has 6 nitrogen and oxygen atoms in total. The zero-order valence-electron chi connectivity index (χ0n) is 9.16. The van der Waals surface area contributed by atoms with E-state index >= 15 is 0 Å². The first-order valence-electron chi connectivity index (χ1n) is 4.88. The van der Waals surface area contributed by atoms with Crippen molar-refractivity contribution >= 4 is 12.0 Å². The second-order valence-corrected chi connectivity index (χ2v) is 3.63. The summed E-state index contributed by atoms with van der Waals surface area (Å²) in [4.78, 5) is 21.4. The van der Waals surface area contributed by atoms with E-state index in [0.29, 0.717) is 0 Å². The summed E-state index contributed by atoms with van der Waals surface area (Å²) >= 11 is 0. The summed E-state index contributed by atoms with van der Waals surface area (Å²) in [6, 6.07) is -0.151. The molecule has 0 saturated heterocycles. The van der Waals surface area contributed by atoms with Gasteiger partial charge in [0.15, 0.2) is 0 Å². The normalized spacial score (nSPS) is 12.3. The molecule has 2 amide bonds. The number of amides is 2. The molecule has 15 heavy (non-hydrogen) atoms. The first kappa shape index (κ1) is 13.7. The van der Waals surface area contributed by atoms with Crippen molar-refractivity contribution in [2.24, 2.45) is 17.4 Å². The largest absolute Gasteiger partial charge is 0.448 e. The fraction of sp³-hybridized carbons (Fsp3) is 0.778. The molecule has 88 valence electrons. The minimum absolute atomic E-state index is 0.0813. The van der Waals surface area contributed by atoms with Crippen LogP contribution >= 0.6 is 0 Å². The zero-order valence-corrected chi connectivity index (χ0v) is 9.16. The average Bonchev–Trinajstić information content (AvgIpc) is 2.12. The monoisotopic (exact) mass is 217 g/mol. The Hall–Kier alpha value is -1.30. The highest BCUT2D eigenvalue weighted by Gasteiger charge is 2.12. The third-order valence-electron chi connectivity index (χ3n) is 1.95. The molecule has 5 N–H and O–H groups in total. The summed E-state index contributed by atoms with van der Waals surface area (Å²) in [5.41, 5.74) is 10.4. The molecule has 0 rings (SSSR count). The molecule has 0 aliphatic heterocycles. The molecule has 0 fully saturated rings. The van der Waals surface area contributed by atoms with E-state index in [9.17, 15) is 9.59 Å². The van der Waals surface area contributed by atoms with E-state index in [0.717, 1.165) is 0 Å². The maximum absolute atomic E-state index is 11.2. The second-order valence-electron chi connectivity index (χ2n) is 3.63. The lowest BCUT2D eigenvalue weighted by Gasteiger charge is -2.14. The van der Waals surface area contributed by atoms with Crippen LogP contribution in [0.5, 0.6) is 0 Å². The van der Waals surface area contributed by atoms with Crippen molar-refractivity contribution in [3.05, 3.63) is 0 Å². The summed E-state index contributed by atoms with van der Waals surface area (Å²) in [5.74, 6) is 0.113. The van der Waals surface area contributed by atoms with Gasteiger partial charge in [-0.1, -0.05) is 13.8 Å². The molecule has 0 aromatic carbocycles. The van der Waals surface area contributed by atoms with E-state index in [1.54, 1.807) is 0 Å². The second kappa shape index (κ2) is 7.05. The number of nitrogens with one attached hydrogen (secondary N) is 1. The van der Waals surface area contributed by atoms with Crippen LogP contribution in [0.2, 0.25) is 0 Å². The third-order valence-corrected chi connectivity index (χ3v) is 1.95. The molecular weight excluding hydrogens is 198 g/mol. The van der Waals surface area contributed by atoms with Gasteiger partial charge in [-0.25, -0.2) is 4.79 Å². The van der Waals surface area contributed by atoms with Crippen LogP contribution < -0.4 is 16.8 Å². The number of carbonyl (C=O) groups is 2. The summed E-state index contributed by atoms with van der Waals surface area (Å²) in [7, 11) is 0. The molecule has 0 heterocycles. The quantitative estimate of drug-likeness (QED) is 0.525. The molecule has 0 bridgehead atoms. The zero-order chi connectivity index (χ0) is 11.8. The molecule has 1 unspecified atom stereocenters. The topological polar surface area (TPSA) is 107 Å². The Morgan fingerprint density at radius 2 is 2.00 bits per heavy atom. The number of hydrogen-bond donors (Lipinski definition) is 3. The third kappa shape index (κ3) is 7.75. The highest BCUT2D eigenvalue weighted by molar-refractivity contribution is 5.76. The Labute approximate surface area is 89.3 Å². The van der Waals surface area contributed by atoms with Crippen molar-refractivity contribution in [1.82, 2.24) is 5.32 Å². The highest BCUT2D eigenvalue weighted by atomic mass is 16.5. The number of carbonyl (C=O) groups excluding carboxylic acids is 2. The summed E-state index contributed by atoms with van der Waals surface area (Å²) in [5, 5.41) is 2.57. The standard InChI is InChI=1S/C9H19N3O3/c1-6(2)7(10)5-8(13)12-3-4-15-9(11)14/h6-7H,3-5,10H2,1-2H3,(H2,11,14)(H,12,13). The van der Waals surface area contributed by atoms with Gasteiger partial charge in [-0.2, -0.15) is 0 Å². The van der Waals surface area contributed by atoms with Crippen molar-refractivity contribution < 1.29 is 14.3 Å². The van der Waals surface area contributed by atoms with Gasteiger partial charge in [0.25, 0.3) is 0 Å². The van der Waals surface area contributed by atoms with Crippen LogP contribution in [-0.4, -0.2) is 31.2 Å². The van der Waals surface area contributed by atoms with Crippen LogP contribution in [0.25, 0.3) is 0 Å². The summed E-state index contributed by atoms with van der Waals surface area (Å²) < 4.78 is 4.44. The minimum Gasteiger partial charge on any atom is -0.448 e. The number of ether oxygens (including phenoxy) is 1. The van der Waals surface area contributed by atoms with Crippen molar-refractivity contribution in [3.63, 3.8) is 0 Å². The van der Waals surface area contributed by atoms with E-state index in [1.165, 1.54) is 0 Å². The molecule has 0 spiro atoms. The van der Waals surface area contributed by atoms with Gasteiger partial charge < -0.3 is 21.5 Å². The Morgan fingerprint density at radius 1 is 1.40 bits per heavy atom. The van der Waals surface area contributed by atoms with Crippen LogP contribution in [0, 0.1) is 5.92 Å². The van der Waals surface area contributed by atoms with Crippen molar-refractivity contribution in [2.45, 2.75) is 26.3 Å². The molecule has 1 atom stereocenters. The van der Waals surface area contributed by atoms with Crippen LogP contribution in [-0.2, 0) is 9.53 Å². The lowest BCUT2D eigenvalue weighted by atomic mass is 10.0. The van der Waals surface area contributed by atoms with Gasteiger partial charge in [-0.3, -0.25) is 4.79 Å². The smallest absolute Gasteiger partial charge is 0.404 e. The van der Waals surface area contributed by atoms with Crippen molar-refractivity contribution in [1.29, 1.82) is 0 Å². The van der Waals surface area contributed by atoms with Gasteiger partial charge in [0.2, 0.25) is 5.91 Å². The molecule has 0 aromatic rings. The molecule has 0 aliphatic rings. The molecule has 0 aromatic heterocycles. The van der Waals surface area contributed by atoms with E-state index in [4.69, 9.17) is 11.5 Å². The van der Waals surface area contributed by atoms with Gasteiger partial charge in [0, 0.05) is 12.5 Å². The average molecular weight is 217 g/mol. The molecule has 0 aliphatic carbocycles. The maximum Gasteiger partial charge on any atom is 0.404 e. The number of primary amides is 1. The molecule has 6 heteroatoms. The van der Waals surface area contributed by atoms with Gasteiger partial charge in [-0.05, 0) is 5.92 Å². The van der Waals surface area contributed by atoms with Gasteiger partial charge in [0.05, 0.1) is 6.54 Å². The minimum atomic E-state index is -0.844. The van der Waals surface area contributed by atoms with E-state index in [1.807, 2.05) is 13.8 Å². The van der Waals surface area contributed by atoms with E-state index in [-0.39, 0.29) is 37.4 Å². The van der Waals surface area contributed by atoms with Gasteiger partial charge in [0.1, 0.15) is 6.61 Å². The lowest BCUT2D eigenvalue weighted by molar-refractivity contribution is -0.121. The Balaban J connectivity index is 3.53. The Bertz CT molecular complexity index is 219. The number of rotatable bonds is 6. The number of nitrogens with two attached hydrogens (primary N) is 2. The van der Waals surface area contributed by atoms with Crippen molar-refractivity contribution in [2.75, 3.05) is 13.2 Å². The van der Waals surface area contributed by atoms with Gasteiger partial charge >= 0.3 is 6.09 Å². The molecule has 0 radical (unpaired) electrons. The molecular formula is C9H19N3O3. The van der Waals surface area contributed by atoms with Crippen molar-refractivity contribution in [3.8, 4) is 0 Å². The predicted octanol–water partition coefficient (Wildman–Crippen LogP) is -0.429. The Morgan fingerprint density at radius 3 is 2.47 bits per heavy atom. The first-order valence-corrected chi connectivity index (χ1v) is 4.88. The fourth-order valence-electron chi connectivity index (χ4n) is 0.864. The first-order chi connectivity index (χ1) is 6.93. The fourth-order valence-corrected chi connectivity index (χ4v) is 0.864. The van der Waals surface area contributed by atoms with E-state index < -0.39 is 6.09 Å². The maximum atomic E-state index is 11.2. The number of hydrogen-bond acceptors (Lipinski definition) is 4. The summed E-state index contributed by atoms with van der Waals surface area (Å²) in [6.45, 7) is 4.24. The van der Waals surface area contributed by atoms with Crippen LogP contribution in [0.3, 0.4) is 0 Å². The van der Waals surface area contributed by atoms with Crippen LogP contribution in [0.15, 0.2) is 0 Å². The SMILES string of the molecule is CC(C)C(N)CC(=O)NCCOC(N)=O. The Kier molecular flexibility index (Phi) is 6.44. The lowest BCUT2D eigenvalue weighted by Crippen LogP contribution is -2.36. The summed E-state index contributed by atoms with van der Waals surface area (Å²) in [6.07, 6.45) is -0.572. The highest BCUT2D eigenvalue weighted by Crippen LogP contribution is 2.01.